The molecule has 0 aliphatic heterocycles. The second-order valence-electron chi connectivity index (χ2n) is 8.25. The monoisotopic (exact) mass is 544 g/mol. The highest BCUT2D eigenvalue weighted by molar-refractivity contribution is 8.76. The lowest BCUT2D eigenvalue weighted by atomic mass is 10.2. The number of hydrogen-bond donors (Lipinski definition) is 0. The van der Waals surface area contributed by atoms with Gasteiger partial charge in [0.05, 0.1) is 9.79 Å². The van der Waals surface area contributed by atoms with E-state index in [1.165, 1.54) is 7.42 Å². The average Bonchev–Trinajstić information content (AvgIpc) is 2.80. The number of hydrogen-bond acceptors (Lipinski definition) is 6. The van der Waals surface area contributed by atoms with Crippen molar-refractivity contribution in [3.63, 3.8) is 0 Å². The predicted octanol–water partition coefficient (Wildman–Crippen LogP) is 6.58. The Morgan fingerprint density at radius 3 is 1.21 bits per heavy atom. The fourth-order valence-electron chi connectivity index (χ4n) is 3.11. The van der Waals surface area contributed by atoms with Crippen molar-refractivity contribution in [2.45, 2.75) is 76.0 Å². The minimum absolute atomic E-state index is 0.210. The molecular weight excluding hydrogens is 509 g/mol. The summed E-state index contributed by atoms with van der Waals surface area (Å²) in [6.45, 7) is 8.56. The summed E-state index contributed by atoms with van der Waals surface area (Å²) in [5, 5.41) is 0. The van der Waals surface area contributed by atoms with Crippen LogP contribution in [0.2, 0.25) is 0 Å². The lowest BCUT2D eigenvalue weighted by molar-refractivity contribution is 0.524. The van der Waals surface area contributed by atoms with Crippen LogP contribution in [0, 0.1) is 13.8 Å². The number of nitrogens with zero attached hydrogens (tertiary/aromatic N) is 2. The summed E-state index contributed by atoms with van der Waals surface area (Å²) in [5.41, 5.74) is 1.95. The maximum Gasteiger partial charge on any atom is 0.253 e. The van der Waals surface area contributed by atoms with Crippen LogP contribution in [0.3, 0.4) is 0 Å². The topological polar surface area (TPSA) is 74.8 Å². The van der Waals surface area contributed by atoms with Crippen molar-refractivity contribution in [2.75, 3.05) is 13.1 Å². The van der Waals surface area contributed by atoms with Crippen LogP contribution in [0.5, 0.6) is 0 Å². The Kier molecular flexibility index (Phi) is 11.9. The SMILES string of the molecule is CCCCCN(SSN(CCCCC)S(=O)(=O)c1ccc(C)cc1)S(=O)(=O)c1ccc(C)cc1. The third-order valence-electron chi connectivity index (χ3n) is 5.26. The number of unbranched alkanes of at least 4 members (excludes halogenated alkanes) is 4. The highest BCUT2D eigenvalue weighted by Crippen LogP contribution is 2.38. The molecule has 0 aromatic heterocycles. The predicted molar refractivity (Wildman–Crippen MR) is 144 cm³/mol. The fraction of sp³-hybridized carbons (Fsp3) is 0.500. The number of aryl methyl sites for hydroxylation is 2. The third kappa shape index (κ3) is 8.27. The van der Waals surface area contributed by atoms with Crippen molar-refractivity contribution < 1.29 is 16.8 Å². The molecule has 0 radical (unpaired) electrons. The summed E-state index contributed by atoms with van der Waals surface area (Å²) < 4.78 is 56.2. The highest BCUT2D eigenvalue weighted by Gasteiger charge is 2.30. The van der Waals surface area contributed by atoms with Gasteiger partial charge in [0.2, 0.25) is 0 Å². The molecule has 0 N–H and O–H groups in total. The van der Waals surface area contributed by atoms with Crippen molar-refractivity contribution in [2.24, 2.45) is 0 Å². The first-order chi connectivity index (χ1) is 16.1. The summed E-state index contributed by atoms with van der Waals surface area (Å²) in [6.07, 6.45) is 5.12. The van der Waals surface area contributed by atoms with Gasteiger partial charge in [-0.05, 0) is 51.0 Å². The Hall–Kier alpha value is -1.04. The summed E-state index contributed by atoms with van der Waals surface area (Å²) in [4.78, 5) is 0.420. The van der Waals surface area contributed by atoms with Gasteiger partial charge >= 0.3 is 0 Å². The number of benzene rings is 2. The molecule has 0 spiro atoms. The van der Waals surface area contributed by atoms with E-state index in [4.69, 9.17) is 0 Å². The zero-order chi connectivity index (χ0) is 25.2. The first kappa shape index (κ1) is 29.2. The molecule has 6 nitrogen and oxygen atoms in total. The molecule has 0 fully saturated rings. The lowest BCUT2D eigenvalue weighted by Crippen LogP contribution is -2.29. The van der Waals surface area contributed by atoms with Crippen LogP contribution in [0.15, 0.2) is 58.3 Å². The molecule has 0 aliphatic rings. The van der Waals surface area contributed by atoms with E-state index in [-0.39, 0.29) is 9.79 Å². The van der Waals surface area contributed by atoms with E-state index in [2.05, 4.69) is 13.8 Å². The third-order valence-corrected chi connectivity index (χ3v) is 12.7. The second kappa shape index (κ2) is 13.9. The van der Waals surface area contributed by atoms with Crippen LogP contribution in [-0.4, -0.2) is 37.3 Å². The van der Waals surface area contributed by atoms with Gasteiger partial charge in [-0.15, -0.1) is 7.42 Å². The van der Waals surface area contributed by atoms with E-state index in [1.807, 2.05) is 13.8 Å². The minimum atomic E-state index is -3.78. The summed E-state index contributed by atoms with van der Waals surface area (Å²) in [6, 6.07) is 13.5. The molecule has 0 aliphatic carbocycles. The molecule has 0 heterocycles. The van der Waals surface area contributed by atoms with Gasteiger partial charge in [0.15, 0.2) is 0 Å². The van der Waals surface area contributed by atoms with Crippen molar-refractivity contribution >= 4 is 42.0 Å². The minimum Gasteiger partial charge on any atom is -0.206 e. The van der Waals surface area contributed by atoms with Gasteiger partial charge in [-0.2, -0.15) is 0 Å². The van der Waals surface area contributed by atoms with Gasteiger partial charge in [0.1, 0.15) is 0 Å². The Balaban J connectivity index is 2.30. The standard InChI is InChI=1S/C24H36N2O4S4/c1-5-7-9-19-25(33(27,28)23-15-11-21(3)12-16-23)31-32-26(20-10-8-6-2)34(29,30)24-17-13-22(4)14-18-24/h11-18H,5-10,19-20H2,1-4H3. The van der Waals surface area contributed by atoms with Gasteiger partial charge in [-0.3, -0.25) is 0 Å². The Labute approximate surface area is 214 Å². The van der Waals surface area contributed by atoms with Crippen molar-refractivity contribution in [3.8, 4) is 0 Å². The van der Waals surface area contributed by atoms with Crippen LogP contribution in [0.25, 0.3) is 0 Å². The second-order valence-corrected chi connectivity index (χ2v) is 14.5. The van der Waals surface area contributed by atoms with Crippen LogP contribution >= 0.6 is 22.0 Å². The first-order valence-corrected chi connectivity index (χ1v) is 16.6. The van der Waals surface area contributed by atoms with Crippen LogP contribution < -0.4 is 0 Å². The van der Waals surface area contributed by atoms with E-state index in [9.17, 15) is 16.8 Å². The summed E-state index contributed by atoms with van der Waals surface area (Å²) >= 11 is 0. The van der Waals surface area contributed by atoms with Crippen molar-refractivity contribution in [3.05, 3.63) is 59.7 Å². The van der Waals surface area contributed by atoms with Crippen molar-refractivity contribution in [1.29, 1.82) is 0 Å². The molecule has 2 aromatic carbocycles. The van der Waals surface area contributed by atoms with Crippen molar-refractivity contribution in [1.82, 2.24) is 7.42 Å². The normalized spacial score (nSPS) is 12.5. The molecule has 2 aromatic rings. The lowest BCUT2D eigenvalue weighted by Gasteiger charge is -2.25. The number of sulfonamides is 2. The van der Waals surface area contributed by atoms with Crippen LogP contribution in [-0.2, 0) is 20.0 Å². The quantitative estimate of drug-likeness (QED) is 0.143. The number of rotatable bonds is 15. The van der Waals surface area contributed by atoms with E-state index >= 15 is 0 Å². The molecule has 10 heteroatoms. The first-order valence-electron chi connectivity index (χ1n) is 11.7. The van der Waals surface area contributed by atoms with Gasteiger partial charge in [0.25, 0.3) is 20.0 Å². The Morgan fingerprint density at radius 2 is 0.912 bits per heavy atom. The zero-order valence-electron chi connectivity index (χ0n) is 20.4. The molecular formula is C24H36N2O4S4. The van der Waals surface area contributed by atoms with E-state index < -0.39 is 20.0 Å². The van der Waals surface area contributed by atoms with Gasteiger partial charge < -0.3 is 0 Å². The smallest absolute Gasteiger partial charge is 0.206 e. The fourth-order valence-corrected chi connectivity index (χ4v) is 9.81. The molecule has 0 saturated carbocycles. The summed E-state index contributed by atoms with van der Waals surface area (Å²) in [7, 11) is -5.61. The molecule has 0 atom stereocenters. The molecule has 0 bridgehead atoms. The van der Waals surface area contributed by atoms with E-state index in [0.29, 0.717) is 25.9 Å². The molecule has 0 saturated heterocycles. The van der Waals surface area contributed by atoms with Crippen LogP contribution in [0.1, 0.15) is 63.5 Å². The maximum atomic E-state index is 13.4. The molecule has 190 valence electrons. The van der Waals surface area contributed by atoms with Gasteiger partial charge in [-0.25, -0.2) is 16.8 Å². The average molecular weight is 545 g/mol. The zero-order valence-corrected chi connectivity index (χ0v) is 23.7. The maximum absolute atomic E-state index is 13.4. The van der Waals surface area contributed by atoms with Gasteiger partial charge in [0, 0.05) is 35.0 Å². The Bertz CT molecular complexity index is 997. The van der Waals surface area contributed by atoms with E-state index in [0.717, 1.165) is 58.8 Å². The largest absolute Gasteiger partial charge is 0.253 e. The molecule has 0 unspecified atom stereocenters. The van der Waals surface area contributed by atoms with Gasteiger partial charge in [-0.1, -0.05) is 74.9 Å². The summed E-state index contributed by atoms with van der Waals surface area (Å²) in [5.74, 6) is 0. The van der Waals surface area contributed by atoms with E-state index in [1.54, 1.807) is 48.5 Å². The Morgan fingerprint density at radius 1 is 0.588 bits per heavy atom. The molecule has 34 heavy (non-hydrogen) atoms. The molecule has 0 amide bonds. The highest BCUT2D eigenvalue weighted by atomic mass is 33.1. The molecule has 2 rings (SSSR count). The van der Waals surface area contributed by atoms with Crippen LogP contribution in [0.4, 0.5) is 0 Å².